The minimum absolute atomic E-state index is 0.0208. The first-order valence-corrected chi connectivity index (χ1v) is 12.3. The lowest BCUT2D eigenvalue weighted by atomic mass is 9.82. The molecule has 9 heteroatoms. The number of aromatic nitrogens is 5. The zero-order valence-electron chi connectivity index (χ0n) is 20.4. The van der Waals surface area contributed by atoms with E-state index in [0.717, 1.165) is 71.5 Å². The van der Waals surface area contributed by atoms with Gasteiger partial charge >= 0.3 is 6.03 Å². The van der Waals surface area contributed by atoms with Crippen LogP contribution in [0.25, 0.3) is 22.3 Å². The Labute approximate surface area is 209 Å². The summed E-state index contributed by atoms with van der Waals surface area (Å²) in [5.74, 6) is 6.45. The van der Waals surface area contributed by atoms with E-state index in [4.69, 9.17) is 10.8 Å². The number of nitrogens with two attached hydrogens (primary N) is 1. The van der Waals surface area contributed by atoms with Gasteiger partial charge in [-0.15, -0.1) is 0 Å². The maximum atomic E-state index is 12.4. The fourth-order valence-corrected chi connectivity index (χ4v) is 5.37. The molecule has 0 radical (unpaired) electrons. The van der Waals surface area contributed by atoms with Gasteiger partial charge in [0, 0.05) is 72.4 Å². The number of amides is 2. The lowest BCUT2D eigenvalue weighted by molar-refractivity contribution is 0.206. The Morgan fingerprint density at radius 3 is 2.89 bits per heavy atom. The number of anilines is 1. The highest BCUT2D eigenvalue weighted by Crippen LogP contribution is 2.43. The number of hydrogen-bond donors (Lipinski definition) is 3. The summed E-state index contributed by atoms with van der Waals surface area (Å²) in [6, 6.07) is 4.29. The molecule has 1 saturated heterocycles. The number of nitrogens with zero attached hydrogens (tertiary/aromatic N) is 5. The van der Waals surface area contributed by atoms with E-state index in [1.54, 1.807) is 12.4 Å². The Morgan fingerprint density at radius 2 is 2.03 bits per heavy atom. The van der Waals surface area contributed by atoms with Crippen molar-refractivity contribution in [3.8, 4) is 23.1 Å². The highest BCUT2D eigenvalue weighted by atomic mass is 16.2. The molecule has 4 N–H and O–H groups in total. The average molecular weight is 481 g/mol. The van der Waals surface area contributed by atoms with Gasteiger partial charge in [0.1, 0.15) is 5.65 Å². The molecule has 1 atom stereocenters. The third-order valence-electron chi connectivity index (χ3n) is 7.51. The van der Waals surface area contributed by atoms with Gasteiger partial charge in [-0.2, -0.15) is 5.10 Å². The molecule has 1 unspecified atom stereocenters. The van der Waals surface area contributed by atoms with Gasteiger partial charge in [-0.05, 0) is 44.4 Å². The third kappa shape index (κ3) is 3.57. The summed E-state index contributed by atoms with van der Waals surface area (Å²) in [7, 11) is 0. The normalized spacial score (nSPS) is 18.4. The molecule has 1 fully saturated rings. The molecule has 2 aliphatic heterocycles. The van der Waals surface area contributed by atoms with Crippen LogP contribution in [-0.2, 0) is 12.0 Å². The first-order chi connectivity index (χ1) is 17.5. The van der Waals surface area contributed by atoms with E-state index in [0.29, 0.717) is 12.2 Å². The van der Waals surface area contributed by atoms with E-state index < -0.39 is 0 Å². The van der Waals surface area contributed by atoms with Crippen LogP contribution in [0.15, 0.2) is 36.9 Å². The van der Waals surface area contributed by atoms with Crippen LogP contribution >= 0.6 is 0 Å². The predicted octanol–water partition coefficient (Wildman–Crippen LogP) is 3.19. The molecular formula is C27H28N8O. The fraction of sp³-hybridized carbons (Fsp3) is 0.333. The van der Waals surface area contributed by atoms with Crippen LogP contribution < -0.4 is 11.1 Å². The second-order valence-electron chi connectivity index (χ2n) is 9.65. The summed E-state index contributed by atoms with van der Waals surface area (Å²) < 4.78 is 2.11. The summed E-state index contributed by atoms with van der Waals surface area (Å²) in [6.45, 7) is 6.90. The van der Waals surface area contributed by atoms with Crippen molar-refractivity contribution in [2.75, 3.05) is 25.4 Å². The van der Waals surface area contributed by atoms with E-state index in [1.807, 2.05) is 31.1 Å². The highest BCUT2D eigenvalue weighted by molar-refractivity contribution is 5.87. The number of nitrogens with one attached hydrogen (secondary N) is 2. The molecule has 1 spiro atoms. The first kappa shape index (κ1) is 22.2. The molecule has 9 nitrogen and oxygen atoms in total. The number of aryl methyl sites for hydroxylation is 1. The standard InChI is InChI=1S/C27H28N8O/c1-3-30-26(36)34-8-6-27(16-34)7-9-35-24(27)11-23(33-35)20-10-21-19(13-31-25(21)32-14-20)5-4-18-12-29-15-22(28)17(18)2/h10-15H,3,6-9,16,28H2,1-2H3,(H,30,36)(H,31,32). The lowest BCUT2D eigenvalue weighted by Crippen LogP contribution is -2.40. The molecule has 182 valence electrons. The predicted molar refractivity (Wildman–Crippen MR) is 138 cm³/mol. The van der Waals surface area contributed by atoms with Gasteiger partial charge in [-0.1, -0.05) is 11.8 Å². The Kier molecular flexibility index (Phi) is 5.18. The Morgan fingerprint density at radius 1 is 1.19 bits per heavy atom. The van der Waals surface area contributed by atoms with E-state index in [9.17, 15) is 4.79 Å². The Bertz CT molecular complexity index is 1550. The van der Waals surface area contributed by atoms with Crippen LogP contribution in [0, 0.1) is 18.8 Å². The zero-order valence-corrected chi connectivity index (χ0v) is 20.4. The summed E-state index contributed by atoms with van der Waals surface area (Å²) in [5.41, 5.74) is 13.0. The molecule has 36 heavy (non-hydrogen) atoms. The van der Waals surface area contributed by atoms with Crippen molar-refractivity contribution in [2.45, 2.75) is 38.6 Å². The van der Waals surface area contributed by atoms with Gasteiger partial charge in [0.2, 0.25) is 0 Å². The molecule has 6 rings (SSSR count). The van der Waals surface area contributed by atoms with Crippen molar-refractivity contribution in [1.82, 2.24) is 34.9 Å². The number of pyridine rings is 2. The number of nitrogen functional groups attached to an aromatic ring is 1. The van der Waals surface area contributed by atoms with Crippen molar-refractivity contribution in [1.29, 1.82) is 0 Å². The topological polar surface area (TPSA) is 118 Å². The van der Waals surface area contributed by atoms with Crippen LogP contribution in [0.4, 0.5) is 10.5 Å². The van der Waals surface area contributed by atoms with Crippen LogP contribution in [0.3, 0.4) is 0 Å². The summed E-state index contributed by atoms with van der Waals surface area (Å²) in [6.07, 6.45) is 9.07. The molecular weight excluding hydrogens is 452 g/mol. The largest absolute Gasteiger partial charge is 0.397 e. The number of urea groups is 1. The number of likely N-dealkylation sites (tertiary alicyclic amines) is 1. The monoisotopic (exact) mass is 480 g/mol. The number of carbonyl (C=O) groups is 1. The molecule has 4 aromatic heterocycles. The summed E-state index contributed by atoms with van der Waals surface area (Å²) in [5, 5.41) is 8.78. The van der Waals surface area contributed by atoms with Gasteiger partial charge in [0.15, 0.2) is 0 Å². The van der Waals surface area contributed by atoms with Crippen LogP contribution in [0.1, 0.15) is 42.1 Å². The number of H-pyrrole nitrogens is 1. The molecule has 0 aromatic carbocycles. The molecule has 0 aliphatic carbocycles. The molecule has 2 aliphatic rings. The smallest absolute Gasteiger partial charge is 0.317 e. The number of carbonyl (C=O) groups excluding carboxylic acids is 1. The van der Waals surface area contributed by atoms with Crippen molar-refractivity contribution < 1.29 is 4.79 Å². The van der Waals surface area contributed by atoms with Gasteiger partial charge in [-0.25, -0.2) is 9.78 Å². The summed E-state index contributed by atoms with van der Waals surface area (Å²) in [4.78, 5) is 26.3. The van der Waals surface area contributed by atoms with E-state index >= 15 is 0 Å². The minimum Gasteiger partial charge on any atom is -0.397 e. The van der Waals surface area contributed by atoms with E-state index in [1.165, 1.54) is 5.69 Å². The second kappa shape index (κ2) is 8.41. The van der Waals surface area contributed by atoms with Crippen LogP contribution in [-0.4, -0.2) is 55.3 Å². The molecule has 0 saturated carbocycles. The molecule has 4 aromatic rings. The van der Waals surface area contributed by atoms with Crippen molar-refractivity contribution in [3.63, 3.8) is 0 Å². The zero-order chi connectivity index (χ0) is 24.9. The van der Waals surface area contributed by atoms with Gasteiger partial charge in [-0.3, -0.25) is 9.67 Å². The number of aromatic amines is 1. The summed E-state index contributed by atoms with van der Waals surface area (Å²) >= 11 is 0. The maximum Gasteiger partial charge on any atom is 0.317 e. The minimum atomic E-state index is -0.0258. The van der Waals surface area contributed by atoms with Gasteiger partial charge in [0.05, 0.1) is 23.1 Å². The van der Waals surface area contributed by atoms with Crippen LogP contribution in [0.5, 0.6) is 0 Å². The average Bonchev–Trinajstić information content (AvgIpc) is 3.65. The Hall–Kier alpha value is -4.32. The van der Waals surface area contributed by atoms with E-state index in [2.05, 4.69) is 48.9 Å². The first-order valence-electron chi connectivity index (χ1n) is 12.3. The SMILES string of the molecule is CCNC(=O)N1CCC2(CCn3nc(-c4cnc5[nH]cc(C#Cc6cncc(N)c6C)c5c4)cc32)C1. The molecule has 6 heterocycles. The number of hydrogen-bond acceptors (Lipinski definition) is 5. The quantitative estimate of drug-likeness (QED) is 0.381. The maximum absolute atomic E-state index is 12.4. The number of fused-ring (bicyclic) bond motifs is 3. The van der Waals surface area contributed by atoms with Crippen LogP contribution in [0.2, 0.25) is 0 Å². The fourth-order valence-electron chi connectivity index (χ4n) is 5.37. The third-order valence-corrected chi connectivity index (χ3v) is 7.51. The second-order valence-corrected chi connectivity index (χ2v) is 9.65. The Balaban J connectivity index is 1.31. The molecule has 2 amide bonds. The van der Waals surface area contributed by atoms with Crippen molar-refractivity contribution in [2.24, 2.45) is 0 Å². The van der Waals surface area contributed by atoms with E-state index in [-0.39, 0.29) is 11.4 Å². The van der Waals surface area contributed by atoms with Gasteiger partial charge in [0.25, 0.3) is 0 Å². The van der Waals surface area contributed by atoms with Gasteiger partial charge < -0.3 is 20.9 Å². The highest BCUT2D eigenvalue weighted by Gasteiger charge is 2.46. The van der Waals surface area contributed by atoms with Crippen molar-refractivity contribution >= 4 is 22.8 Å². The van der Waals surface area contributed by atoms with Crippen molar-refractivity contribution in [3.05, 3.63) is 59.3 Å². The number of rotatable bonds is 2. The molecule has 0 bridgehead atoms. The lowest BCUT2D eigenvalue weighted by Gasteiger charge is -2.23.